The van der Waals surface area contributed by atoms with Crippen LogP contribution in [0.2, 0.25) is 0 Å². The molecule has 1 aromatic carbocycles. The third-order valence-electron chi connectivity index (χ3n) is 4.50. The van der Waals surface area contributed by atoms with Crippen LogP contribution in [0.5, 0.6) is 0 Å². The summed E-state index contributed by atoms with van der Waals surface area (Å²) in [5.41, 5.74) is 8.18. The molecule has 0 amide bonds. The van der Waals surface area contributed by atoms with Crippen molar-refractivity contribution in [2.45, 2.75) is 51.6 Å². The standard InChI is InChI=1S/C16H25NO/c1-12(2)13-5-7-14(8-6-13)15(18)16(11-17)9-3-4-10-16/h5-8,12,15,18H,3-4,9-11,17H2,1-2H3. The van der Waals surface area contributed by atoms with Crippen LogP contribution >= 0.6 is 0 Å². The lowest BCUT2D eigenvalue weighted by Crippen LogP contribution is -2.34. The predicted octanol–water partition coefficient (Wildman–Crippen LogP) is 3.36. The highest BCUT2D eigenvalue weighted by Crippen LogP contribution is 2.46. The van der Waals surface area contributed by atoms with Crippen molar-refractivity contribution in [3.05, 3.63) is 35.4 Å². The highest BCUT2D eigenvalue weighted by Gasteiger charge is 2.39. The fourth-order valence-corrected chi connectivity index (χ4v) is 3.09. The lowest BCUT2D eigenvalue weighted by Gasteiger charge is -2.33. The first-order valence-electron chi connectivity index (χ1n) is 7.07. The quantitative estimate of drug-likeness (QED) is 0.857. The van der Waals surface area contributed by atoms with E-state index in [1.54, 1.807) is 0 Å². The Hall–Kier alpha value is -0.860. The smallest absolute Gasteiger partial charge is 0.0858 e. The van der Waals surface area contributed by atoms with Gasteiger partial charge < -0.3 is 10.8 Å². The van der Waals surface area contributed by atoms with E-state index in [4.69, 9.17) is 5.73 Å². The minimum Gasteiger partial charge on any atom is -0.388 e. The zero-order valence-corrected chi connectivity index (χ0v) is 11.5. The van der Waals surface area contributed by atoms with E-state index >= 15 is 0 Å². The Morgan fingerprint density at radius 2 is 1.61 bits per heavy atom. The van der Waals surface area contributed by atoms with Crippen molar-refractivity contribution in [3.8, 4) is 0 Å². The number of aliphatic hydroxyl groups excluding tert-OH is 1. The summed E-state index contributed by atoms with van der Waals surface area (Å²) >= 11 is 0. The van der Waals surface area contributed by atoms with Crippen LogP contribution in [-0.2, 0) is 0 Å². The molecule has 1 unspecified atom stereocenters. The topological polar surface area (TPSA) is 46.2 Å². The number of hydrogen-bond acceptors (Lipinski definition) is 2. The normalized spacial score (nSPS) is 20.3. The Kier molecular flexibility index (Phi) is 4.08. The van der Waals surface area contributed by atoms with Crippen LogP contribution in [0, 0.1) is 5.41 Å². The van der Waals surface area contributed by atoms with Crippen molar-refractivity contribution in [3.63, 3.8) is 0 Å². The van der Waals surface area contributed by atoms with Crippen molar-refractivity contribution in [1.29, 1.82) is 0 Å². The maximum Gasteiger partial charge on any atom is 0.0858 e. The SMILES string of the molecule is CC(C)c1ccc(C(O)C2(CN)CCCC2)cc1. The Bertz CT molecular complexity index is 377. The summed E-state index contributed by atoms with van der Waals surface area (Å²) in [5.74, 6) is 0.533. The van der Waals surface area contributed by atoms with Gasteiger partial charge >= 0.3 is 0 Å². The molecule has 0 bridgehead atoms. The molecule has 1 aliphatic rings. The summed E-state index contributed by atoms with van der Waals surface area (Å²) in [6, 6.07) is 8.39. The number of rotatable bonds is 4. The maximum atomic E-state index is 10.6. The van der Waals surface area contributed by atoms with E-state index in [1.807, 2.05) is 0 Å². The summed E-state index contributed by atoms with van der Waals surface area (Å²) < 4.78 is 0. The van der Waals surface area contributed by atoms with Crippen LogP contribution in [0.15, 0.2) is 24.3 Å². The van der Waals surface area contributed by atoms with Gasteiger partial charge in [0.25, 0.3) is 0 Å². The van der Waals surface area contributed by atoms with E-state index in [0.717, 1.165) is 18.4 Å². The molecular weight excluding hydrogens is 222 g/mol. The highest BCUT2D eigenvalue weighted by molar-refractivity contribution is 5.27. The predicted molar refractivity (Wildman–Crippen MR) is 75.4 cm³/mol. The van der Waals surface area contributed by atoms with Gasteiger partial charge in [0, 0.05) is 12.0 Å². The molecular formula is C16H25NO. The van der Waals surface area contributed by atoms with Gasteiger partial charge in [-0.05, 0) is 29.9 Å². The number of hydrogen-bond donors (Lipinski definition) is 2. The van der Waals surface area contributed by atoms with E-state index in [2.05, 4.69) is 38.1 Å². The van der Waals surface area contributed by atoms with E-state index in [1.165, 1.54) is 18.4 Å². The number of aliphatic hydroxyl groups is 1. The van der Waals surface area contributed by atoms with Crippen molar-refractivity contribution in [2.75, 3.05) is 6.54 Å². The Balaban J connectivity index is 2.20. The van der Waals surface area contributed by atoms with Crippen molar-refractivity contribution in [1.82, 2.24) is 0 Å². The van der Waals surface area contributed by atoms with Gasteiger partial charge in [-0.2, -0.15) is 0 Å². The summed E-state index contributed by atoms with van der Waals surface area (Å²) in [6.07, 6.45) is 4.08. The lowest BCUT2D eigenvalue weighted by atomic mass is 9.77. The second-order valence-electron chi connectivity index (χ2n) is 6.00. The molecule has 2 heteroatoms. The second kappa shape index (κ2) is 5.41. The van der Waals surface area contributed by atoms with E-state index in [9.17, 15) is 5.11 Å². The molecule has 18 heavy (non-hydrogen) atoms. The molecule has 0 aliphatic heterocycles. The number of nitrogens with two attached hydrogens (primary N) is 1. The molecule has 1 atom stereocenters. The Morgan fingerprint density at radius 1 is 1.11 bits per heavy atom. The zero-order valence-electron chi connectivity index (χ0n) is 11.5. The summed E-state index contributed by atoms with van der Waals surface area (Å²) in [4.78, 5) is 0. The molecule has 1 saturated carbocycles. The first-order chi connectivity index (χ1) is 8.59. The summed E-state index contributed by atoms with van der Waals surface area (Å²) in [5, 5.41) is 10.6. The average Bonchev–Trinajstić information content (AvgIpc) is 2.88. The molecule has 0 heterocycles. The van der Waals surface area contributed by atoms with Gasteiger partial charge in [0.15, 0.2) is 0 Å². The minimum absolute atomic E-state index is 0.0840. The van der Waals surface area contributed by atoms with Crippen molar-refractivity contribution >= 4 is 0 Å². The first kappa shape index (κ1) is 13.6. The largest absolute Gasteiger partial charge is 0.388 e. The maximum absolute atomic E-state index is 10.6. The first-order valence-corrected chi connectivity index (χ1v) is 7.07. The van der Waals surface area contributed by atoms with Gasteiger partial charge in [0.2, 0.25) is 0 Å². The van der Waals surface area contributed by atoms with Gasteiger partial charge in [-0.15, -0.1) is 0 Å². The minimum atomic E-state index is -0.411. The van der Waals surface area contributed by atoms with Crippen LogP contribution in [0.4, 0.5) is 0 Å². The Labute approximate surface area is 110 Å². The molecule has 3 N–H and O–H groups in total. The second-order valence-corrected chi connectivity index (χ2v) is 6.00. The third kappa shape index (κ3) is 2.45. The van der Waals surface area contributed by atoms with Crippen LogP contribution in [0.3, 0.4) is 0 Å². The van der Waals surface area contributed by atoms with E-state index in [0.29, 0.717) is 12.5 Å². The van der Waals surface area contributed by atoms with Crippen LogP contribution in [0.1, 0.15) is 62.7 Å². The van der Waals surface area contributed by atoms with Gasteiger partial charge in [0.05, 0.1) is 6.10 Å². The van der Waals surface area contributed by atoms with Gasteiger partial charge in [-0.3, -0.25) is 0 Å². The molecule has 2 rings (SSSR count). The molecule has 0 saturated heterocycles. The van der Waals surface area contributed by atoms with E-state index < -0.39 is 6.10 Å². The summed E-state index contributed by atoms with van der Waals surface area (Å²) in [7, 11) is 0. The number of benzene rings is 1. The molecule has 0 spiro atoms. The van der Waals surface area contributed by atoms with Gasteiger partial charge in [-0.1, -0.05) is 51.0 Å². The fourth-order valence-electron chi connectivity index (χ4n) is 3.09. The van der Waals surface area contributed by atoms with Crippen LogP contribution in [0.25, 0.3) is 0 Å². The molecule has 100 valence electrons. The average molecular weight is 247 g/mol. The van der Waals surface area contributed by atoms with E-state index in [-0.39, 0.29) is 5.41 Å². The fraction of sp³-hybridized carbons (Fsp3) is 0.625. The lowest BCUT2D eigenvalue weighted by molar-refractivity contribution is 0.0333. The third-order valence-corrected chi connectivity index (χ3v) is 4.50. The molecule has 1 aliphatic carbocycles. The van der Waals surface area contributed by atoms with Crippen molar-refractivity contribution < 1.29 is 5.11 Å². The molecule has 1 aromatic rings. The van der Waals surface area contributed by atoms with Crippen LogP contribution in [-0.4, -0.2) is 11.7 Å². The molecule has 1 fully saturated rings. The van der Waals surface area contributed by atoms with Crippen molar-refractivity contribution in [2.24, 2.45) is 11.1 Å². The molecule has 0 aromatic heterocycles. The van der Waals surface area contributed by atoms with Gasteiger partial charge in [0.1, 0.15) is 0 Å². The van der Waals surface area contributed by atoms with Gasteiger partial charge in [-0.25, -0.2) is 0 Å². The molecule has 0 radical (unpaired) electrons. The monoisotopic (exact) mass is 247 g/mol. The van der Waals surface area contributed by atoms with Crippen LogP contribution < -0.4 is 5.73 Å². The summed E-state index contributed by atoms with van der Waals surface area (Å²) in [6.45, 7) is 4.95. The zero-order chi connectivity index (χ0) is 13.2. The molecule has 2 nitrogen and oxygen atoms in total. The Morgan fingerprint density at radius 3 is 2.06 bits per heavy atom. The highest BCUT2D eigenvalue weighted by atomic mass is 16.3.